The van der Waals surface area contributed by atoms with Crippen LogP contribution in [0.15, 0.2) is 29.2 Å². The molecule has 1 aromatic carbocycles. The van der Waals surface area contributed by atoms with Crippen molar-refractivity contribution in [2.75, 3.05) is 25.5 Å². The van der Waals surface area contributed by atoms with Gasteiger partial charge in [-0.2, -0.15) is 5.26 Å². The third-order valence-electron chi connectivity index (χ3n) is 5.62. The van der Waals surface area contributed by atoms with E-state index in [1.807, 2.05) is 6.07 Å². The second kappa shape index (κ2) is 9.93. The fourth-order valence-corrected chi connectivity index (χ4v) is 5.01. The van der Waals surface area contributed by atoms with Crippen molar-refractivity contribution >= 4 is 28.6 Å². The predicted octanol–water partition coefficient (Wildman–Crippen LogP) is 5.08. The van der Waals surface area contributed by atoms with Crippen LogP contribution in [0.4, 0.5) is 19.0 Å². The van der Waals surface area contributed by atoms with E-state index in [2.05, 4.69) is 38.3 Å². The van der Waals surface area contributed by atoms with Crippen LogP contribution in [-0.4, -0.2) is 45.2 Å². The third kappa shape index (κ3) is 5.20. The van der Waals surface area contributed by atoms with Crippen LogP contribution in [0, 0.1) is 24.1 Å². The number of anilines is 1. The quantitative estimate of drug-likeness (QED) is 0.536. The minimum Gasteiger partial charge on any atom is -0.365 e. The van der Waals surface area contributed by atoms with Crippen LogP contribution in [0.1, 0.15) is 41.9 Å². The normalized spacial score (nSPS) is 15.2. The molecule has 1 aliphatic heterocycles. The number of benzene rings is 1. The molecule has 172 valence electrons. The Balaban J connectivity index is 1.65. The number of aromatic nitrogens is 3. The lowest BCUT2D eigenvalue weighted by molar-refractivity contribution is 0.146. The Labute approximate surface area is 194 Å². The molecule has 0 bridgehead atoms. The van der Waals surface area contributed by atoms with Crippen LogP contribution in [-0.2, 0) is 6.54 Å². The number of nitrogens with zero attached hydrogens (tertiary/aromatic N) is 5. The Bertz CT molecular complexity index is 1210. The number of nitrogens with one attached hydrogen (secondary N) is 1. The van der Waals surface area contributed by atoms with Crippen LogP contribution < -0.4 is 5.32 Å². The summed E-state index contributed by atoms with van der Waals surface area (Å²) in [6.07, 6.45) is -0.863. The number of rotatable bonds is 6. The largest absolute Gasteiger partial charge is 0.365 e. The van der Waals surface area contributed by atoms with Crippen molar-refractivity contribution in [1.82, 2.24) is 19.9 Å². The molecule has 0 unspecified atom stereocenters. The molecule has 0 aliphatic carbocycles. The van der Waals surface area contributed by atoms with E-state index >= 15 is 0 Å². The molecule has 0 atom stereocenters. The summed E-state index contributed by atoms with van der Waals surface area (Å²) >= 11 is 1.63. The van der Waals surface area contributed by atoms with Gasteiger partial charge in [-0.1, -0.05) is 18.2 Å². The number of piperidine rings is 1. The molecule has 4 rings (SSSR count). The van der Waals surface area contributed by atoms with E-state index in [9.17, 15) is 18.4 Å². The first-order valence-corrected chi connectivity index (χ1v) is 11.5. The number of likely N-dealkylation sites (tertiary alicyclic amines) is 1. The number of hydrogen-bond donors (Lipinski definition) is 1. The smallest absolute Gasteiger partial charge is 0.266 e. The van der Waals surface area contributed by atoms with Gasteiger partial charge in [0, 0.05) is 22.3 Å². The van der Waals surface area contributed by atoms with Crippen LogP contribution in [0.5, 0.6) is 0 Å². The van der Waals surface area contributed by atoms with Gasteiger partial charge in [0.25, 0.3) is 6.43 Å². The highest BCUT2D eigenvalue weighted by atomic mass is 32.2. The highest BCUT2D eigenvalue weighted by Gasteiger charge is 2.21. The van der Waals surface area contributed by atoms with E-state index in [-0.39, 0.29) is 12.1 Å². The number of thioether (sulfide) groups is 1. The Morgan fingerprint density at radius 3 is 2.70 bits per heavy atom. The van der Waals surface area contributed by atoms with Gasteiger partial charge in [0.15, 0.2) is 11.3 Å². The summed E-state index contributed by atoms with van der Waals surface area (Å²) in [4.78, 5) is 16.3. The van der Waals surface area contributed by atoms with Gasteiger partial charge in [-0.05, 0) is 46.0 Å². The van der Waals surface area contributed by atoms with Crippen LogP contribution >= 0.6 is 11.8 Å². The third-order valence-corrected chi connectivity index (χ3v) is 6.99. The second-order valence-corrected chi connectivity index (χ2v) is 9.37. The summed E-state index contributed by atoms with van der Waals surface area (Å²) in [6, 6.07) is 7.95. The molecule has 2 aromatic heterocycles. The number of hydrogen-bond acceptors (Lipinski definition) is 7. The van der Waals surface area contributed by atoms with E-state index in [0.29, 0.717) is 33.6 Å². The number of pyridine rings is 1. The van der Waals surface area contributed by atoms with E-state index in [1.54, 1.807) is 18.7 Å². The molecule has 0 radical (unpaired) electrons. The first kappa shape index (κ1) is 23.3. The molecule has 3 aromatic rings. The SMILES string of the molecule is Cc1nc(NCc2cccc(C(F)F)c2F)c2cc(SC3CCN(C)CC3)c(C#N)nc2n1. The van der Waals surface area contributed by atoms with Gasteiger partial charge >= 0.3 is 0 Å². The van der Waals surface area contributed by atoms with Gasteiger partial charge in [0.2, 0.25) is 0 Å². The monoisotopic (exact) mass is 472 g/mol. The summed E-state index contributed by atoms with van der Waals surface area (Å²) in [5, 5.41) is 13.7. The number of fused-ring (bicyclic) bond motifs is 1. The maximum Gasteiger partial charge on any atom is 0.266 e. The van der Waals surface area contributed by atoms with Crippen LogP contribution in [0.3, 0.4) is 0 Å². The van der Waals surface area contributed by atoms with Gasteiger partial charge in [0.05, 0.1) is 10.9 Å². The lowest BCUT2D eigenvalue weighted by Crippen LogP contribution is -2.31. The van der Waals surface area contributed by atoms with Crippen molar-refractivity contribution in [1.29, 1.82) is 5.26 Å². The Morgan fingerprint density at radius 2 is 2.00 bits per heavy atom. The van der Waals surface area contributed by atoms with Crippen molar-refractivity contribution in [2.24, 2.45) is 0 Å². The number of aryl methyl sites for hydroxylation is 1. The van der Waals surface area contributed by atoms with Gasteiger partial charge in [-0.15, -0.1) is 11.8 Å². The summed E-state index contributed by atoms with van der Waals surface area (Å²) in [7, 11) is 2.09. The summed E-state index contributed by atoms with van der Waals surface area (Å²) in [5.41, 5.74) is 0.150. The summed E-state index contributed by atoms with van der Waals surface area (Å²) in [6.45, 7) is 3.66. The fraction of sp³-hybridized carbons (Fsp3) is 0.391. The zero-order valence-corrected chi connectivity index (χ0v) is 19.1. The average Bonchev–Trinajstić information content (AvgIpc) is 2.79. The van der Waals surface area contributed by atoms with Crippen molar-refractivity contribution in [3.8, 4) is 6.07 Å². The topological polar surface area (TPSA) is 77.7 Å². The molecule has 10 heteroatoms. The summed E-state index contributed by atoms with van der Waals surface area (Å²) in [5.74, 6) is -0.0843. The molecule has 1 aliphatic rings. The van der Waals surface area contributed by atoms with Gasteiger partial charge in [-0.3, -0.25) is 0 Å². The zero-order valence-electron chi connectivity index (χ0n) is 18.3. The molecule has 0 saturated carbocycles. The molecule has 1 fully saturated rings. The molecule has 1 saturated heterocycles. The van der Waals surface area contributed by atoms with Crippen molar-refractivity contribution in [3.63, 3.8) is 0 Å². The fourth-order valence-electron chi connectivity index (χ4n) is 3.82. The van der Waals surface area contributed by atoms with Gasteiger partial charge in [-0.25, -0.2) is 28.1 Å². The number of nitriles is 1. The minimum atomic E-state index is -2.89. The van der Waals surface area contributed by atoms with Crippen molar-refractivity contribution < 1.29 is 13.2 Å². The molecule has 3 heterocycles. The zero-order chi connectivity index (χ0) is 23.5. The standard InChI is InChI=1S/C23H23F3N6S/c1-13-29-22(28-12-14-4-3-5-16(20(14)24)21(25)26)17-10-19(18(11-27)31-23(17)30-13)33-15-6-8-32(2)9-7-15/h3-5,10,15,21H,6-9,12H2,1-2H3,(H,28,29,30,31). The first-order chi connectivity index (χ1) is 15.9. The lowest BCUT2D eigenvalue weighted by atomic mass is 10.1. The maximum absolute atomic E-state index is 14.5. The van der Waals surface area contributed by atoms with Gasteiger partial charge in [0.1, 0.15) is 23.5 Å². The highest BCUT2D eigenvalue weighted by Crippen LogP contribution is 2.35. The van der Waals surface area contributed by atoms with E-state index in [0.717, 1.165) is 36.9 Å². The summed E-state index contributed by atoms with van der Waals surface area (Å²) < 4.78 is 40.5. The highest BCUT2D eigenvalue weighted by molar-refractivity contribution is 8.00. The van der Waals surface area contributed by atoms with E-state index in [4.69, 9.17) is 0 Å². The number of halogens is 3. The molecule has 0 spiro atoms. The second-order valence-electron chi connectivity index (χ2n) is 8.03. The molecule has 0 amide bonds. The molecule has 1 N–H and O–H groups in total. The first-order valence-electron chi connectivity index (χ1n) is 10.6. The maximum atomic E-state index is 14.5. The van der Waals surface area contributed by atoms with Crippen molar-refractivity contribution in [3.05, 3.63) is 52.7 Å². The van der Waals surface area contributed by atoms with E-state index < -0.39 is 17.8 Å². The molecular weight excluding hydrogens is 449 g/mol. The van der Waals surface area contributed by atoms with Crippen LogP contribution in [0.2, 0.25) is 0 Å². The molecule has 33 heavy (non-hydrogen) atoms. The predicted molar refractivity (Wildman–Crippen MR) is 122 cm³/mol. The lowest BCUT2D eigenvalue weighted by Gasteiger charge is -2.28. The minimum absolute atomic E-state index is 0.0324. The van der Waals surface area contributed by atoms with Gasteiger partial charge < -0.3 is 10.2 Å². The molecule has 6 nitrogen and oxygen atoms in total. The Hall–Kier alpha value is -2.90. The van der Waals surface area contributed by atoms with Crippen LogP contribution in [0.25, 0.3) is 11.0 Å². The Morgan fingerprint density at radius 1 is 1.24 bits per heavy atom. The Kier molecular flexibility index (Phi) is 7.00. The van der Waals surface area contributed by atoms with Crippen molar-refractivity contribution in [2.45, 2.75) is 42.9 Å². The number of alkyl halides is 2. The van der Waals surface area contributed by atoms with E-state index in [1.165, 1.54) is 12.1 Å². The molecular formula is C23H23F3N6S. The average molecular weight is 473 g/mol.